The van der Waals surface area contributed by atoms with E-state index in [4.69, 9.17) is 16.3 Å². The fourth-order valence-corrected chi connectivity index (χ4v) is 7.44. The molecule has 5 rings (SSSR count). The largest absolute Gasteiger partial charge is 0.394 e. The zero-order valence-electron chi connectivity index (χ0n) is 21.1. The molecule has 8 nitrogen and oxygen atoms in total. The number of hydrogen-bond donors (Lipinski definition) is 3. The lowest BCUT2D eigenvalue weighted by Crippen LogP contribution is -2.56. The van der Waals surface area contributed by atoms with Crippen molar-refractivity contribution in [2.45, 2.75) is 55.3 Å². The third kappa shape index (κ3) is 4.63. The minimum Gasteiger partial charge on any atom is -0.394 e. The molecule has 7 atom stereocenters. The van der Waals surface area contributed by atoms with E-state index in [-0.39, 0.29) is 29.2 Å². The Kier molecular flexibility index (Phi) is 7.57. The molecule has 3 unspecified atom stereocenters. The molecule has 3 heterocycles. The van der Waals surface area contributed by atoms with Crippen LogP contribution in [0.5, 0.6) is 0 Å². The van der Waals surface area contributed by atoms with E-state index in [0.717, 1.165) is 0 Å². The molecule has 2 bridgehead atoms. The number of para-hydroxylation sites is 1. The van der Waals surface area contributed by atoms with Gasteiger partial charge in [-0.3, -0.25) is 14.4 Å². The molecule has 38 heavy (non-hydrogen) atoms. The highest BCUT2D eigenvalue weighted by Crippen LogP contribution is 2.60. The minimum atomic E-state index is -1.21. The number of likely N-dealkylation sites (tertiary alicyclic amines) is 1. The number of alkyl halides is 1. The van der Waals surface area contributed by atoms with Crippen molar-refractivity contribution in [3.05, 3.63) is 59.6 Å². The molecular weight excluding hydrogens is 574 g/mol. The Labute approximate surface area is 235 Å². The first kappa shape index (κ1) is 27.1. The van der Waals surface area contributed by atoms with Crippen molar-refractivity contribution in [1.82, 2.24) is 4.90 Å². The number of amides is 3. The summed E-state index contributed by atoms with van der Waals surface area (Å²) < 4.78 is 6.52. The van der Waals surface area contributed by atoms with Gasteiger partial charge in [-0.1, -0.05) is 59.6 Å². The van der Waals surface area contributed by atoms with Crippen LogP contribution < -0.4 is 10.6 Å². The minimum absolute atomic E-state index is 0.163. The molecule has 0 aliphatic carbocycles. The first-order chi connectivity index (χ1) is 18.2. The SMILES string of the molecule is CC(C)C[C@H](CO)N1C(=O)[C@@H]2[C@@H](C(=O)Nc3ccccc3)[C@@H]3OC2(CC3Br)C1C(=O)Nc1ccc(Cl)cc1. The summed E-state index contributed by atoms with van der Waals surface area (Å²) in [6.07, 6.45) is 0.314. The highest BCUT2D eigenvalue weighted by atomic mass is 79.9. The van der Waals surface area contributed by atoms with E-state index in [1.165, 1.54) is 4.90 Å². The molecule has 3 amide bonds. The first-order valence-corrected chi connectivity index (χ1v) is 14.1. The van der Waals surface area contributed by atoms with Gasteiger partial charge < -0.3 is 25.4 Å². The van der Waals surface area contributed by atoms with E-state index in [9.17, 15) is 19.5 Å². The number of halogens is 2. The van der Waals surface area contributed by atoms with Crippen LogP contribution in [0.2, 0.25) is 5.02 Å². The molecule has 0 saturated carbocycles. The van der Waals surface area contributed by atoms with E-state index in [2.05, 4.69) is 26.6 Å². The van der Waals surface area contributed by atoms with Gasteiger partial charge >= 0.3 is 0 Å². The second kappa shape index (κ2) is 10.6. The molecule has 0 radical (unpaired) electrons. The third-order valence-electron chi connectivity index (χ3n) is 7.78. The summed E-state index contributed by atoms with van der Waals surface area (Å²) in [4.78, 5) is 43.0. The summed E-state index contributed by atoms with van der Waals surface area (Å²) in [7, 11) is 0. The third-order valence-corrected chi connectivity index (χ3v) is 8.88. The van der Waals surface area contributed by atoms with Crippen LogP contribution in [0.15, 0.2) is 54.6 Å². The van der Waals surface area contributed by atoms with Gasteiger partial charge in [0.15, 0.2) is 0 Å². The molecule has 3 N–H and O–H groups in total. The Morgan fingerprint density at radius 3 is 2.37 bits per heavy atom. The fourth-order valence-electron chi connectivity index (χ4n) is 6.37. The van der Waals surface area contributed by atoms with E-state index < -0.39 is 41.5 Å². The molecule has 0 aromatic heterocycles. The maximum atomic E-state index is 14.2. The predicted octanol–water partition coefficient (Wildman–Crippen LogP) is 4.07. The topological polar surface area (TPSA) is 108 Å². The molecule has 3 aliphatic heterocycles. The maximum Gasteiger partial charge on any atom is 0.250 e. The predicted molar refractivity (Wildman–Crippen MR) is 148 cm³/mol. The normalized spacial score (nSPS) is 30.4. The number of aliphatic hydroxyl groups is 1. The number of nitrogens with one attached hydrogen (secondary N) is 2. The maximum absolute atomic E-state index is 14.2. The van der Waals surface area contributed by atoms with Crippen molar-refractivity contribution >= 4 is 56.6 Å². The summed E-state index contributed by atoms with van der Waals surface area (Å²) >= 11 is 9.69. The van der Waals surface area contributed by atoms with Gasteiger partial charge in [0.2, 0.25) is 17.7 Å². The quantitative estimate of drug-likeness (QED) is 0.394. The van der Waals surface area contributed by atoms with Crippen LogP contribution in [0.3, 0.4) is 0 Å². The Morgan fingerprint density at radius 2 is 1.74 bits per heavy atom. The van der Waals surface area contributed by atoms with Gasteiger partial charge in [0.05, 0.1) is 30.6 Å². The Hall–Kier alpha value is -2.46. The summed E-state index contributed by atoms with van der Waals surface area (Å²) in [5, 5.41) is 16.7. The lowest BCUT2D eigenvalue weighted by Gasteiger charge is -2.37. The number of hydrogen-bond acceptors (Lipinski definition) is 5. The number of anilines is 2. The average Bonchev–Trinajstić information content (AvgIpc) is 3.47. The molecule has 3 fully saturated rings. The molecular formula is C28H31BrClN3O5. The van der Waals surface area contributed by atoms with Crippen molar-refractivity contribution in [2.75, 3.05) is 17.2 Å². The second-order valence-corrected chi connectivity index (χ2v) is 12.3. The zero-order chi connectivity index (χ0) is 27.2. The fraction of sp³-hybridized carbons (Fsp3) is 0.464. The summed E-state index contributed by atoms with van der Waals surface area (Å²) in [5.74, 6) is -2.57. The van der Waals surface area contributed by atoms with Crippen molar-refractivity contribution in [2.24, 2.45) is 17.8 Å². The summed E-state index contributed by atoms with van der Waals surface area (Å²) in [5.41, 5.74) is -0.0691. The van der Waals surface area contributed by atoms with Crippen molar-refractivity contribution < 1.29 is 24.2 Å². The van der Waals surface area contributed by atoms with Crippen LogP contribution in [0, 0.1) is 17.8 Å². The number of ether oxygens (including phenoxy) is 1. The van der Waals surface area contributed by atoms with Crippen LogP contribution in [-0.2, 0) is 19.1 Å². The monoisotopic (exact) mass is 603 g/mol. The number of rotatable bonds is 8. The van der Waals surface area contributed by atoms with Gasteiger partial charge in [-0.25, -0.2) is 0 Å². The number of nitrogens with zero attached hydrogens (tertiary/aromatic N) is 1. The Bertz CT molecular complexity index is 1210. The van der Waals surface area contributed by atoms with Gasteiger partial charge in [0.25, 0.3) is 0 Å². The van der Waals surface area contributed by atoms with E-state index in [1.54, 1.807) is 36.4 Å². The molecule has 3 aliphatic rings. The van der Waals surface area contributed by atoms with Crippen LogP contribution in [0.1, 0.15) is 26.7 Å². The number of carbonyl (C=O) groups is 3. The zero-order valence-corrected chi connectivity index (χ0v) is 23.5. The lowest BCUT2D eigenvalue weighted by molar-refractivity contribution is -0.143. The molecule has 202 valence electrons. The van der Waals surface area contributed by atoms with E-state index >= 15 is 0 Å². The van der Waals surface area contributed by atoms with Gasteiger partial charge in [-0.05, 0) is 55.2 Å². The van der Waals surface area contributed by atoms with Crippen LogP contribution >= 0.6 is 27.5 Å². The molecule has 1 spiro atoms. The van der Waals surface area contributed by atoms with E-state index in [1.807, 2.05) is 32.0 Å². The van der Waals surface area contributed by atoms with Crippen LogP contribution in [0.25, 0.3) is 0 Å². The van der Waals surface area contributed by atoms with Crippen molar-refractivity contribution in [1.29, 1.82) is 0 Å². The average molecular weight is 605 g/mol. The van der Waals surface area contributed by atoms with Crippen LogP contribution in [0.4, 0.5) is 11.4 Å². The highest BCUT2D eigenvalue weighted by molar-refractivity contribution is 9.09. The molecule has 3 saturated heterocycles. The Balaban J connectivity index is 1.53. The number of carbonyl (C=O) groups excluding carboxylic acids is 3. The van der Waals surface area contributed by atoms with Gasteiger partial charge in [0, 0.05) is 21.2 Å². The molecule has 2 aromatic rings. The number of aliphatic hydroxyl groups excluding tert-OH is 1. The smallest absolute Gasteiger partial charge is 0.250 e. The standard InChI is InChI=1S/C28H31BrClN3O5/c1-15(2)12-19(14-34)33-24(26(36)32-18-10-8-16(30)9-11-18)28-13-20(29)23(38-28)21(22(28)27(33)37)25(35)31-17-6-4-3-5-7-17/h3-11,15,19-24,34H,12-14H2,1-2H3,(H,31,35)(H,32,36)/t19-,20?,21-,22+,23-,24?,28?/m1/s1. The van der Waals surface area contributed by atoms with Gasteiger partial charge in [-0.15, -0.1) is 0 Å². The van der Waals surface area contributed by atoms with Crippen molar-refractivity contribution in [3.63, 3.8) is 0 Å². The number of fused-ring (bicyclic) bond motifs is 1. The van der Waals surface area contributed by atoms with Gasteiger partial charge in [-0.2, -0.15) is 0 Å². The molecule has 10 heteroatoms. The van der Waals surface area contributed by atoms with Gasteiger partial charge in [0.1, 0.15) is 11.6 Å². The lowest BCUT2D eigenvalue weighted by atomic mass is 9.70. The van der Waals surface area contributed by atoms with E-state index in [0.29, 0.717) is 29.2 Å². The summed E-state index contributed by atoms with van der Waals surface area (Å²) in [6, 6.07) is 14.1. The van der Waals surface area contributed by atoms with Crippen molar-refractivity contribution in [3.8, 4) is 0 Å². The Morgan fingerprint density at radius 1 is 1.11 bits per heavy atom. The highest BCUT2D eigenvalue weighted by Gasteiger charge is 2.77. The second-order valence-electron chi connectivity index (χ2n) is 10.7. The molecule has 2 aromatic carbocycles. The number of benzene rings is 2. The van der Waals surface area contributed by atoms with Crippen LogP contribution in [-0.4, -0.2) is 63.0 Å². The first-order valence-electron chi connectivity index (χ1n) is 12.8. The summed E-state index contributed by atoms with van der Waals surface area (Å²) in [6.45, 7) is 3.69.